The van der Waals surface area contributed by atoms with Gasteiger partial charge in [0.2, 0.25) is 0 Å². The number of aromatic amines is 1. The van der Waals surface area contributed by atoms with Gasteiger partial charge in [-0.25, -0.2) is 19.6 Å². The molecule has 2 aromatic heterocycles. The van der Waals surface area contributed by atoms with E-state index < -0.39 is 11.6 Å². The Labute approximate surface area is 192 Å². The monoisotopic (exact) mass is 458 g/mol. The fourth-order valence-corrected chi connectivity index (χ4v) is 3.89. The van der Waals surface area contributed by atoms with Crippen LogP contribution in [-0.2, 0) is 22.3 Å². The van der Waals surface area contributed by atoms with E-state index in [2.05, 4.69) is 15.0 Å². The molecule has 0 saturated carbocycles. The molecular weight excluding hydrogens is 428 g/mol. The van der Waals surface area contributed by atoms with Crippen molar-refractivity contribution >= 4 is 34.4 Å². The smallest absolute Gasteiger partial charge is 0.410 e. The fraction of sp³-hybridized carbons (Fsp3) is 0.478. The summed E-state index contributed by atoms with van der Waals surface area (Å²) in [5.41, 5.74) is 1.67. The molecule has 0 spiro atoms. The number of thiazole rings is 1. The molecule has 9 heteroatoms. The maximum atomic E-state index is 12.8. The van der Waals surface area contributed by atoms with Crippen molar-refractivity contribution in [2.45, 2.75) is 52.6 Å². The van der Waals surface area contributed by atoms with Crippen molar-refractivity contribution in [3.8, 4) is 0 Å². The molecule has 0 atom stereocenters. The number of ether oxygens (including phenoxy) is 2. The number of H-pyrrole nitrogens is 1. The number of benzene rings is 1. The number of imidazole rings is 1. The Bertz CT molecular complexity index is 1020. The molecule has 0 aliphatic rings. The van der Waals surface area contributed by atoms with Crippen molar-refractivity contribution in [2.75, 3.05) is 19.7 Å². The molecule has 3 aromatic rings. The summed E-state index contributed by atoms with van der Waals surface area (Å²) in [5.74, 6) is 0.471. The highest BCUT2D eigenvalue weighted by atomic mass is 32.1. The van der Waals surface area contributed by atoms with Crippen molar-refractivity contribution in [2.24, 2.45) is 0 Å². The van der Waals surface area contributed by atoms with E-state index in [1.807, 2.05) is 45.0 Å². The highest BCUT2D eigenvalue weighted by molar-refractivity contribution is 7.09. The second-order valence-electron chi connectivity index (χ2n) is 8.37. The van der Waals surface area contributed by atoms with Crippen LogP contribution in [0, 0.1) is 0 Å². The van der Waals surface area contributed by atoms with Gasteiger partial charge in [0.1, 0.15) is 11.4 Å². The number of carbonyl (C=O) groups is 2. The molecule has 0 aliphatic carbocycles. The zero-order valence-electron chi connectivity index (χ0n) is 19.0. The van der Waals surface area contributed by atoms with Crippen molar-refractivity contribution in [3.05, 3.63) is 46.2 Å². The number of amides is 1. The lowest BCUT2D eigenvalue weighted by atomic mass is 10.2. The Morgan fingerprint density at radius 3 is 2.62 bits per heavy atom. The summed E-state index contributed by atoms with van der Waals surface area (Å²) >= 11 is 1.39. The Balaban J connectivity index is 1.59. The Kier molecular flexibility index (Phi) is 7.84. The van der Waals surface area contributed by atoms with Gasteiger partial charge in [0.15, 0.2) is 5.69 Å². The fourth-order valence-electron chi connectivity index (χ4n) is 3.14. The van der Waals surface area contributed by atoms with Gasteiger partial charge in [0, 0.05) is 31.3 Å². The number of nitrogens with one attached hydrogen (secondary N) is 1. The molecule has 172 valence electrons. The lowest BCUT2D eigenvalue weighted by molar-refractivity contribution is 0.0249. The molecule has 0 bridgehead atoms. The van der Waals surface area contributed by atoms with Crippen LogP contribution in [0.4, 0.5) is 4.79 Å². The number of aromatic nitrogens is 3. The number of fused-ring (bicyclic) bond motifs is 1. The Morgan fingerprint density at radius 1 is 1.12 bits per heavy atom. The van der Waals surface area contributed by atoms with Crippen molar-refractivity contribution < 1.29 is 19.1 Å². The normalized spacial score (nSPS) is 11.5. The molecule has 1 N–H and O–H groups in total. The number of hydrogen-bond acceptors (Lipinski definition) is 7. The van der Waals surface area contributed by atoms with Crippen molar-refractivity contribution in [3.63, 3.8) is 0 Å². The lowest BCUT2D eigenvalue weighted by Crippen LogP contribution is -2.38. The molecule has 0 radical (unpaired) electrons. The summed E-state index contributed by atoms with van der Waals surface area (Å²) in [7, 11) is 0. The first kappa shape index (κ1) is 23.7. The van der Waals surface area contributed by atoms with Crippen LogP contribution in [0.15, 0.2) is 29.6 Å². The summed E-state index contributed by atoms with van der Waals surface area (Å²) in [6, 6.07) is 7.90. The summed E-state index contributed by atoms with van der Waals surface area (Å²) in [5, 5.41) is 2.46. The SMILES string of the molecule is CCOC(=O)c1csc(CCN(CCCc2nc3ccccc3[nH]2)C(=O)OC(C)(C)C)n1. The van der Waals surface area contributed by atoms with Crippen LogP contribution in [0.3, 0.4) is 0 Å². The molecule has 8 nitrogen and oxygen atoms in total. The topological polar surface area (TPSA) is 97.4 Å². The number of para-hydroxylation sites is 2. The quantitative estimate of drug-likeness (QED) is 0.470. The number of aryl methyl sites for hydroxylation is 1. The minimum Gasteiger partial charge on any atom is -0.461 e. The predicted octanol–water partition coefficient (Wildman–Crippen LogP) is 4.61. The van der Waals surface area contributed by atoms with Crippen molar-refractivity contribution in [1.29, 1.82) is 0 Å². The predicted molar refractivity (Wildman–Crippen MR) is 124 cm³/mol. The van der Waals surface area contributed by atoms with Gasteiger partial charge in [-0.05, 0) is 46.2 Å². The average molecular weight is 459 g/mol. The van der Waals surface area contributed by atoms with Crippen LogP contribution in [0.5, 0.6) is 0 Å². The molecule has 32 heavy (non-hydrogen) atoms. The van der Waals surface area contributed by atoms with Crippen LogP contribution in [0.2, 0.25) is 0 Å². The van der Waals surface area contributed by atoms with E-state index in [0.29, 0.717) is 31.8 Å². The van der Waals surface area contributed by atoms with E-state index in [-0.39, 0.29) is 6.09 Å². The highest BCUT2D eigenvalue weighted by Crippen LogP contribution is 2.16. The number of hydrogen-bond donors (Lipinski definition) is 1. The van der Waals surface area contributed by atoms with Crippen LogP contribution in [0.25, 0.3) is 11.0 Å². The molecule has 0 aliphatic heterocycles. The second kappa shape index (κ2) is 10.6. The summed E-state index contributed by atoms with van der Waals surface area (Å²) in [4.78, 5) is 38.5. The molecule has 0 unspecified atom stereocenters. The number of nitrogens with zero attached hydrogens (tertiary/aromatic N) is 3. The standard InChI is InChI=1S/C23H30N4O4S/c1-5-30-21(28)18-15-32-20(26-18)12-14-27(22(29)31-23(2,3)4)13-8-11-19-24-16-9-6-7-10-17(16)25-19/h6-7,9-10,15H,5,8,11-14H2,1-4H3,(H,24,25). The van der Waals surface area contributed by atoms with Gasteiger partial charge in [-0.2, -0.15) is 0 Å². The van der Waals surface area contributed by atoms with Crippen LogP contribution < -0.4 is 0 Å². The van der Waals surface area contributed by atoms with E-state index in [1.54, 1.807) is 17.2 Å². The number of rotatable bonds is 9. The largest absolute Gasteiger partial charge is 0.461 e. The van der Waals surface area contributed by atoms with Gasteiger partial charge in [0.25, 0.3) is 0 Å². The highest BCUT2D eigenvalue weighted by Gasteiger charge is 2.22. The van der Waals surface area contributed by atoms with Crippen LogP contribution in [-0.4, -0.2) is 57.2 Å². The van der Waals surface area contributed by atoms with E-state index >= 15 is 0 Å². The summed E-state index contributed by atoms with van der Waals surface area (Å²) in [6.45, 7) is 8.60. The molecule has 2 heterocycles. The molecule has 1 amide bonds. The van der Waals surface area contributed by atoms with Gasteiger partial charge in [-0.3, -0.25) is 0 Å². The van der Waals surface area contributed by atoms with E-state index in [0.717, 1.165) is 34.7 Å². The first-order chi connectivity index (χ1) is 15.2. The maximum Gasteiger partial charge on any atom is 0.410 e. The minimum absolute atomic E-state index is 0.306. The molecule has 0 saturated heterocycles. The second-order valence-corrected chi connectivity index (χ2v) is 9.31. The van der Waals surface area contributed by atoms with Crippen LogP contribution >= 0.6 is 11.3 Å². The maximum absolute atomic E-state index is 12.8. The first-order valence-electron chi connectivity index (χ1n) is 10.8. The average Bonchev–Trinajstić information content (AvgIpc) is 3.36. The Morgan fingerprint density at radius 2 is 1.91 bits per heavy atom. The van der Waals surface area contributed by atoms with Gasteiger partial charge in [-0.1, -0.05) is 12.1 Å². The van der Waals surface area contributed by atoms with E-state index in [1.165, 1.54) is 11.3 Å². The molecule has 1 aromatic carbocycles. The van der Waals surface area contributed by atoms with Crippen molar-refractivity contribution in [1.82, 2.24) is 19.9 Å². The van der Waals surface area contributed by atoms with E-state index in [4.69, 9.17) is 9.47 Å². The van der Waals surface area contributed by atoms with Gasteiger partial charge < -0.3 is 19.4 Å². The van der Waals surface area contributed by atoms with E-state index in [9.17, 15) is 9.59 Å². The van der Waals surface area contributed by atoms with Crippen LogP contribution in [0.1, 0.15) is 55.4 Å². The van der Waals surface area contributed by atoms with Gasteiger partial charge in [-0.15, -0.1) is 11.3 Å². The zero-order chi connectivity index (χ0) is 23.1. The summed E-state index contributed by atoms with van der Waals surface area (Å²) < 4.78 is 10.6. The molecule has 3 rings (SSSR count). The third-order valence-corrected chi connectivity index (χ3v) is 5.47. The third-order valence-electron chi connectivity index (χ3n) is 4.56. The zero-order valence-corrected chi connectivity index (χ0v) is 19.8. The number of esters is 1. The molecular formula is C23H30N4O4S. The molecule has 0 fully saturated rings. The lowest BCUT2D eigenvalue weighted by Gasteiger charge is -2.27. The summed E-state index contributed by atoms with van der Waals surface area (Å²) in [6.07, 6.45) is 1.64. The Hall–Kier alpha value is -2.94. The minimum atomic E-state index is -0.577. The first-order valence-corrected chi connectivity index (χ1v) is 11.7. The van der Waals surface area contributed by atoms with Gasteiger partial charge in [0.05, 0.1) is 22.6 Å². The number of carbonyl (C=O) groups excluding carboxylic acids is 2. The van der Waals surface area contributed by atoms with Gasteiger partial charge >= 0.3 is 12.1 Å². The third kappa shape index (κ3) is 6.78.